The molecule has 0 saturated carbocycles. The quantitative estimate of drug-likeness (QED) is 0.665. The fraction of sp³-hybridized carbons (Fsp3) is 0.636. The zero-order valence-electron chi connectivity index (χ0n) is 9.42. The van der Waals surface area contributed by atoms with Crippen molar-refractivity contribution in [2.24, 2.45) is 5.73 Å². The molecular formula is C11H20NO2. The van der Waals surface area contributed by atoms with Gasteiger partial charge in [-0.25, -0.2) is 4.79 Å². The molecule has 3 heteroatoms. The SMILES string of the molecule is CCC(N)(CC)[C](C)C=C(C)C(=O)O. The van der Waals surface area contributed by atoms with Gasteiger partial charge in [-0.05, 0) is 19.8 Å². The van der Waals surface area contributed by atoms with Crippen molar-refractivity contribution in [1.82, 2.24) is 0 Å². The highest BCUT2D eigenvalue weighted by molar-refractivity contribution is 5.86. The van der Waals surface area contributed by atoms with Crippen LogP contribution in [0.1, 0.15) is 40.5 Å². The minimum Gasteiger partial charge on any atom is -0.478 e. The lowest BCUT2D eigenvalue weighted by Crippen LogP contribution is -2.43. The molecule has 14 heavy (non-hydrogen) atoms. The van der Waals surface area contributed by atoms with Gasteiger partial charge in [0.1, 0.15) is 0 Å². The van der Waals surface area contributed by atoms with Crippen molar-refractivity contribution >= 4 is 5.97 Å². The smallest absolute Gasteiger partial charge is 0.330 e. The first kappa shape index (κ1) is 13.2. The van der Waals surface area contributed by atoms with Crippen LogP contribution in [0.3, 0.4) is 0 Å². The van der Waals surface area contributed by atoms with E-state index in [9.17, 15) is 4.79 Å². The van der Waals surface area contributed by atoms with Crippen LogP contribution in [0, 0.1) is 5.92 Å². The molecule has 81 valence electrons. The summed E-state index contributed by atoms with van der Waals surface area (Å²) in [5.41, 5.74) is 6.08. The number of carboxylic acids is 1. The summed E-state index contributed by atoms with van der Waals surface area (Å²) in [7, 11) is 0. The number of nitrogens with two attached hydrogens (primary N) is 1. The van der Waals surface area contributed by atoms with Crippen LogP contribution in [-0.2, 0) is 4.79 Å². The number of rotatable bonds is 5. The lowest BCUT2D eigenvalue weighted by atomic mass is 9.80. The van der Waals surface area contributed by atoms with Gasteiger partial charge in [-0.15, -0.1) is 0 Å². The Morgan fingerprint density at radius 1 is 1.36 bits per heavy atom. The van der Waals surface area contributed by atoms with Gasteiger partial charge in [0.25, 0.3) is 0 Å². The number of hydrogen-bond donors (Lipinski definition) is 2. The van der Waals surface area contributed by atoms with E-state index in [0.29, 0.717) is 5.57 Å². The predicted octanol–water partition coefficient (Wildman–Crippen LogP) is 2.13. The molecule has 0 aliphatic heterocycles. The molecule has 0 unspecified atom stereocenters. The lowest BCUT2D eigenvalue weighted by molar-refractivity contribution is -0.132. The van der Waals surface area contributed by atoms with Gasteiger partial charge in [-0.2, -0.15) is 0 Å². The van der Waals surface area contributed by atoms with Gasteiger partial charge < -0.3 is 10.8 Å². The van der Waals surface area contributed by atoms with E-state index in [-0.39, 0.29) is 5.54 Å². The standard InChI is InChI=1S/C11H20NO2/c1-5-11(12,6-2)9(4)7-8(3)10(13)14/h7H,5-6,12H2,1-4H3,(H,13,14). The first-order valence-corrected chi connectivity index (χ1v) is 4.92. The van der Waals surface area contributed by atoms with E-state index < -0.39 is 5.97 Å². The van der Waals surface area contributed by atoms with Crippen LogP contribution in [-0.4, -0.2) is 16.6 Å². The molecule has 0 spiro atoms. The van der Waals surface area contributed by atoms with Crippen molar-refractivity contribution < 1.29 is 9.90 Å². The highest BCUT2D eigenvalue weighted by Crippen LogP contribution is 2.26. The average Bonchev–Trinajstić information content (AvgIpc) is 2.16. The predicted molar refractivity (Wildman–Crippen MR) is 57.8 cm³/mol. The number of carboxylic acid groups (broad SMARTS) is 1. The fourth-order valence-electron chi connectivity index (χ4n) is 1.34. The van der Waals surface area contributed by atoms with Gasteiger partial charge in [0.2, 0.25) is 0 Å². The van der Waals surface area contributed by atoms with Crippen molar-refractivity contribution in [2.45, 2.75) is 46.1 Å². The van der Waals surface area contributed by atoms with E-state index in [0.717, 1.165) is 18.8 Å². The first-order chi connectivity index (χ1) is 6.37. The van der Waals surface area contributed by atoms with E-state index in [2.05, 4.69) is 0 Å². The molecule has 3 nitrogen and oxygen atoms in total. The molecule has 0 atom stereocenters. The van der Waals surface area contributed by atoms with Crippen molar-refractivity contribution in [3.8, 4) is 0 Å². The average molecular weight is 198 g/mol. The Hall–Kier alpha value is -0.830. The third-order valence-electron chi connectivity index (χ3n) is 2.82. The minimum atomic E-state index is -0.890. The van der Waals surface area contributed by atoms with Crippen LogP contribution < -0.4 is 5.73 Å². The van der Waals surface area contributed by atoms with Gasteiger partial charge in [0, 0.05) is 17.0 Å². The zero-order valence-corrected chi connectivity index (χ0v) is 9.42. The van der Waals surface area contributed by atoms with E-state index >= 15 is 0 Å². The Bertz CT molecular complexity index is 229. The first-order valence-electron chi connectivity index (χ1n) is 4.92. The highest BCUT2D eigenvalue weighted by Gasteiger charge is 2.27. The van der Waals surface area contributed by atoms with Gasteiger partial charge >= 0.3 is 5.97 Å². The van der Waals surface area contributed by atoms with Gasteiger partial charge in [-0.1, -0.05) is 26.8 Å². The molecule has 1 radical (unpaired) electrons. The summed E-state index contributed by atoms with van der Waals surface area (Å²) in [5.74, 6) is 0.0429. The molecule has 0 amide bonds. The molecule has 0 bridgehead atoms. The maximum absolute atomic E-state index is 10.6. The topological polar surface area (TPSA) is 63.3 Å². The summed E-state index contributed by atoms with van der Waals surface area (Å²) in [6.45, 7) is 7.49. The van der Waals surface area contributed by atoms with Crippen LogP contribution in [0.5, 0.6) is 0 Å². The van der Waals surface area contributed by atoms with E-state index in [1.165, 1.54) is 0 Å². The Labute approximate surface area is 86.0 Å². The highest BCUT2D eigenvalue weighted by atomic mass is 16.4. The van der Waals surface area contributed by atoms with Crippen LogP contribution in [0.4, 0.5) is 0 Å². The Balaban J connectivity index is 4.69. The third kappa shape index (κ3) is 3.14. The second kappa shape index (κ2) is 5.15. The summed E-state index contributed by atoms with van der Waals surface area (Å²) < 4.78 is 0. The van der Waals surface area contributed by atoms with Crippen molar-refractivity contribution in [1.29, 1.82) is 0 Å². The van der Waals surface area contributed by atoms with Crippen molar-refractivity contribution in [2.75, 3.05) is 0 Å². The number of carbonyl (C=O) groups is 1. The molecule has 3 N–H and O–H groups in total. The number of hydrogen-bond acceptors (Lipinski definition) is 2. The molecule has 0 aliphatic rings. The van der Waals surface area contributed by atoms with Crippen LogP contribution in [0.2, 0.25) is 0 Å². The second-order valence-electron chi connectivity index (χ2n) is 3.68. The Morgan fingerprint density at radius 3 is 2.07 bits per heavy atom. The molecule has 0 saturated heterocycles. The van der Waals surface area contributed by atoms with Crippen molar-refractivity contribution in [3.05, 3.63) is 17.6 Å². The van der Waals surface area contributed by atoms with E-state index in [1.807, 2.05) is 20.8 Å². The molecule has 0 heterocycles. The minimum absolute atomic E-state index is 0.333. The molecule has 0 aliphatic carbocycles. The van der Waals surface area contributed by atoms with Gasteiger partial charge in [0.15, 0.2) is 0 Å². The molecular weight excluding hydrogens is 178 g/mol. The largest absolute Gasteiger partial charge is 0.478 e. The van der Waals surface area contributed by atoms with Crippen LogP contribution in [0.25, 0.3) is 0 Å². The molecule has 0 rings (SSSR count). The van der Waals surface area contributed by atoms with Gasteiger partial charge in [0.05, 0.1) is 0 Å². The number of aliphatic carboxylic acids is 1. The summed E-state index contributed by atoms with van der Waals surface area (Å²) >= 11 is 0. The second-order valence-corrected chi connectivity index (χ2v) is 3.68. The maximum Gasteiger partial charge on any atom is 0.330 e. The Kier molecular flexibility index (Phi) is 4.85. The lowest BCUT2D eigenvalue weighted by Gasteiger charge is -2.31. The Morgan fingerprint density at radius 2 is 1.79 bits per heavy atom. The molecule has 0 aromatic rings. The van der Waals surface area contributed by atoms with Crippen molar-refractivity contribution in [3.63, 3.8) is 0 Å². The summed E-state index contributed by atoms with van der Waals surface area (Å²) in [4.78, 5) is 10.6. The summed E-state index contributed by atoms with van der Waals surface area (Å²) in [6.07, 6.45) is 3.30. The van der Waals surface area contributed by atoms with Crippen LogP contribution >= 0.6 is 0 Å². The van der Waals surface area contributed by atoms with Crippen LogP contribution in [0.15, 0.2) is 11.6 Å². The third-order valence-corrected chi connectivity index (χ3v) is 2.82. The van der Waals surface area contributed by atoms with E-state index in [4.69, 9.17) is 10.8 Å². The monoisotopic (exact) mass is 198 g/mol. The maximum atomic E-state index is 10.6. The molecule has 0 fully saturated rings. The molecule has 0 aromatic heterocycles. The molecule has 0 aromatic carbocycles. The summed E-state index contributed by atoms with van der Waals surface area (Å²) in [6, 6.07) is 0. The summed E-state index contributed by atoms with van der Waals surface area (Å²) in [5, 5.41) is 8.72. The normalized spacial score (nSPS) is 13.4. The fourth-order valence-corrected chi connectivity index (χ4v) is 1.34. The van der Waals surface area contributed by atoms with Gasteiger partial charge in [-0.3, -0.25) is 0 Å². The van der Waals surface area contributed by atoms with E-state index in [1.54, 1.807) is 13.0 Å². The zero-order chi connectivity index (χ0) is 11.4.